The van der Waals surface area contributed by atoms with Crippen LogP contribution in [0.3, 0.4) is 0 Å². The van der Waals surface area contributed by atoms with Crippen molar-refractivity contribution in [2.24, 2.45) is 0 Å². The molecule has 0 bridgehead atoms. The van der Waals surface area contributed by atoms with Gasteiger partial charge in [-0.2, -0.15) is 4.67 Å². The van der Waals surface area contributed by atoms with Crippen LogP contribution in [0, 0.1) is 0 Å². The number of hydrogen-bond donors (Lipinski definition) is 0. The van der Waals surface area contributed by atoms with Gasteiger partial charge in [0.25, 0.3) is 0 Å². The highest BCUT2D eigenvalue weighted by molar-refractivity contribution is 7.85. The molecule has 1 fully saturated rings. The third kappa shape index (κ3) is 3.72. The quantitative estimate of drug-likeness (QED) is 0.549. The Morgan fingerprint density at radius 2 is 1.75 bits per heavy atom. The molecular formula is C21H31NOP+. The first kappa shape index (κ1) is 19.1. The SMILES string of the molecule is C=C/C=C\C=C(/C)[P+](c1ccccc1)(N1CCOCC1)C(C)(C)C. The molecule has 130 valence electrons. The molecule has 0 spiro atoms. The van der Waals surface area contributed by atoms with Crippen molar-refractivity contribution in [3.8, 4) is 0 Å². The first-order valence-electron chi connectivity index (χ1n) is 8.69. The van der Waals surface area contributed by atoms with Crippen LogP contribution >= 0.6 is 7.41 Å². The summed E-state index contributed by atoms with van der Waals surface area (Å²) in [5.74, 6) is 0. The summed E-state index contributed by atoms with van der Waals surface area (Å²) < 4.78 is 8.36. The number of benzene rings is 1. The number of allylic oxidation sites excluding steroid dienone is 5. The van der Waals surface area contributed by atoms with Gasteiger partial charge in [-0.15, -0.1) is 0 Å². The van der Waals surface area contributed by atoms with E-state index in [1.807, 2.05) is 12.2 Å². The van der Waals surface area contributed by atoms with E-state index < -0.39 is 7.41 Å². The van der Waals surface area contributed by atoms with Crippen LogP contribution < -0.4 is 5.30 Å². The van der Waals surface area contributed by atoms with E-state index in [0.29, 0.717) is 0 Å². The zero-order chi connectivity index (χ0) is 17.6. The number of ether oxygens (including phenoxy) is 1. The second-order valence-corrected chi connectivity index (χ2v) is 11.5. The third-order valence-electron chi connectivity index (χ3n) is 4.61. The van der Waals surface area contributed by atoms with Gasteiger partial charge < -0.3 is 4.74 Å². The van der Waals surface area contributed by atoms with E-state index in [0.717, 1.165) is 26.3 Å². The molecule has 24 heavy (non-hydrogen) atoms. The molecule has 0 aromatic heterocycles. The van der Waals surface area contributed by atoms with Crippen molar-refractivity contribution in [2.45, 2.75) is 32.9 Å². The standard InChI is InChI=1S/C21H31NOP/c1-6-7-9-12-19(2)24(21(3,4)5,20-13-10-8-11-14-20)22-15-17-23-18-16-22/h6-14H,1,15-18H2,2-5H3/q+1/b9-7-,19-12+. The average molecular weight is 344 g/mol. The maximum Gasteiger partial charge on any atom is 0.149 e. The summed E-state index contributed by atoms with van der Waals surface area (Å²) in [4.78, 5) is 0. The smallest absolute Gasteiger partial charge is 0.149 e. The second kappa shape index (κ2) is 8.25. The Kier molecular flexibility index (Phi) is 6.57. The van der Waals surface area contributed by atoms with Crippen LogP contribution in [0.2, 0.25) is 0 Å². The van der Waals surface area contributed by atoms with Crippen LogP contribution in [0.5, 0.6) is 0 Å². The fourth-order valence-corrected chi connectivity index (χ4v) is 9.34. The van der Waals surface area contributed by atoms with Crippen molar-refractivity contribution in [1.29, 1.82) is 0 Å². The monoisotopic (exact) mass is 344 g/mol. The minimum Gasteiger partial charge on any atom is -0.379 e. The molecule has 1 aromatic carbocycles. The molecule has 0 amide bonds. The second-order valence-electron chi connectivity index (χ2n) is 7.14. The fourth-order valence-electron chi connectivity index (χ4n) is 3.81. The molecule has 3 heteroatoms. The number of morpholine rings is 1. The van der Waals surface area contributed by atoms with Crippen molar-refractivity contribution < 1.29 is 4.74 Å². The third-order valence-corrected chi connectivity index (χ3v) is 10.0. The van der Waals surface area contributed by atoms with E-state index in [-0.39, 0.29) is 5.16 Å². The minimum atomic E-state index is -1.71. The highest BCUT2D eigenvalue weighted by Gasteiger charge is 2.58. The maximum atomic E-state index is 5.65. The lowest BCUT2D eigenvalue weighted by molar-refractivity contribution is 0.0734. The molecule has 1 saturated heterocycles. The predicted octanol–water partition coefficient (Wildman–Crippen LogP) is 5.02. The number of rotatable bonds is 5. The van der Waals surface area contributed by atoms with Gasteiger partial charge in [-0.1, -0.05) is 43.0 Å². The zero-order valence-electron chi connectivity index (χ0n) is 15.5. The van der Waals surface area contributed by atoms with Crippen molar-refractivity contribution in [3.05, 3.63) is 66.5 Å². The molecule has 0 saturated carbocycles. The maximum absolute atomic E-state index is 5.65. The van der Waals surface area contributed by atoms with Crippen molar-refractivity contribution in [3.63, 3.8) is 0 Å². The molecular weight excluding hydrogens is 313 g/mol. The summed E-state index contributed by atoms with van der Waals surface area (Å²) in [6, 6.07) is 11.1. The van der Waals surface area contributed by atoms with Crippen molar-refractivity contribution in [1.82, 2.24) is 4.67 Å². The normalized spacial score (nSPS) is 20.1. The first-order valence-corrected chi connectivity index (χ1v) is 10.4. The van der Waals surface area contributed by atoms with E-state index in [9.17, 15) is 0 Å². The van der Waals surface area contributed by atoms with Gasteiger partial charge in [-0.3, -0.25) is 0 Å². The Hall–Kier alpha value is -1.21. The van der Waals surface area contributed by atoms with Gasteiger partial charge >= 0.3 is 0 Å². The lowest BCUT2D eigenvalue weighted by Gasteiger charge is -2.46. The van der Waals surface area contributed by atoms with Gasteiger partial charge in [0.15, 0.2) is 0 Å². The van der Waals surface area contributed by atoms with Crippen molar-refractivity contribution in [2.75, 3.05) is 26.3 Å². The van der Waals surface area contributed by atoms with E-state index in [1.165, 1.54) is 10.6 Å². The van der Waals surface area contributed by atoms with Gasteiger partial charge in [0.2, 0.25) is 0 Å². The Morgan fingerprint density at radius 3 is 2.29 bits per heavy atom. The average Bonchev–Trinajstić information content (AvgIpc) is 2.56. The van der Waals surface area contributed by atoms with Gasteiger partial charge in [-0.25, -0.2) is 0 Å². The molecule has 1 aromatic rings. The van der Waals surface area contributed by atoms with Gasteiger partial charge in [-0.05, 0) is 45.9 Å². The van der Waals surface area contributed by atoms with Gasteiger partial charge in [0.05, 0.1) is 36.8 Å². The molecule has 1 heterocycles. The highest BCUT2D eigenvalue weighted by atomic mass is 31.2. The minimum absolute atomic E-state index is 0.147. The lowest BCUT2D eigenvalue weighted by atomic mass is 10.3. The van der Waals surface area contributed by atoms with Gasteiger partial charge in [0.1, 0.15) is 12.7 Å². The van der Waals surface area contributed by atoms with Crippen molar-refractivity contribution >= 4 is 12.7 Å². The Bertz CT molecular complexity index is 594. The zero-order valence-corrected chi connectivity index (χ0v) is 16.4. The van der Waals surface area contributed by atoms with E-state index in [2.05, 4.69) is 81.4 Å². The molecule has 0 N–H and O–H groups in total. The molecule has 0 aliphatic carbocycles. The Morgan fingerprint density at radius 1 is 1.12 bits per heavy atom. The highest BCUT2D eigenvalue weighted by Crippen LogP contribution is 2.75. The summed E-state index contributed by atoms with van der Waals surface area (Å²) in [6.45, 7) is 16.9. The van der Waals surface area contributed by atoms with Crippen LogP contribution in [-0.4, -0.2) is 36.1 Å². The van der Waals surface area contributed by atoms with E-state index in [4.69, 9.17) is 4.74 Å². The molecule has 2 nitrogen and oxygen atoms in total. The summed E-state index contributed by atoms with van der Waals surface area (Å²) in [7, 11) is -1.71. The molecule has 1 aliphatic heterocycles. The fraction of sp³-hybridized carbons (Fsp3) is 0.429. The van der Waals surface area contributed by atoms with Crippen LogP contribution in [0.1, 0.15) is 27.7 Å². The summed E-state index contributed by atoms with van der Waals surface area (Å²) in [5.41, 5.74) is 0. The molecule has 0 radical (unpaired) electrons. The Balaban J connectivity index is 2.66. The lowest BCUT2D eigenvalue weighted by Crippen LogP contribution is -2.46. The molecule has 1 aliphatic rings. The van der Waals surface area contributed by atoms with Crippen LogP contribution in [0.15, 0.2) is 66.5 Å². The van der Waals surface area contributed by atoms with Crippen LogP contribution in [-0.2, 0) is 4.74 Å². The summed E-state index contributed by atoms with van der Waals surface area (Å²) >= 11 is 0. The largest absolute Gasteiger partial charge is 0.379 e. The van der Waals surface area contributed by atoms with E-state index in [1.54, 1.807) is 0 Å². The summed E-state index contributed by atoms with van der Waals surface area (Å²) in [6.07, 6.45) is 8.23. The van der Waals surface area contributed by atoms with Crippen LogP contribution in [0.25, 0.3) is 0 Å². The topological polar surface area (TPSA) is 12.5 Å². The number of nitrogens with zero attached hydrogens (tertiary/aromatic N) is 1. The van der Waals surface area contributed by atoms with Crippen LogP contribution in [0.4, 0.5) is 0 Å². The number of hydrogen-bond acceptors (Lipinski definition) is 2. The first-order chi connectivity index (χ1) is 11.4. The molecule has 2 rings (SSSR count). The summed E-state index contributed by atoms with van der Waals surface area (Å²) in [5, 5.41) is 3.07. The molecule has 1 atom stereocenters. The Labute approximate surface area is 148 Å². The predicted molar refractivity (Wildman–Crippen MR) is 108 cm³/mol. The van der Waals surface area contributed by atoms with E-state index >= 15 is 0 Å². The van der Waals surface area contributed by atoms with Gasteiger partial charge in [0, 0.05) is 0 Å². The molecule has 1 unspecified atom stereocenters.